The highest BCUT2D eigenvalue weighted by atomic mass is 35.5. The summed E-state index contributed by atoms with van der Waals surface area (Å²) in [4.78, 5) is 16.2. The summed E-state index contributed by atoms with van der Waals surface area (Å²) in [5.41, 5.74) is 0.876. The van der Waals surface area contributed by atoms with E-state index in [4.69, 9.17) is 16.3 Å². The minimum Gasteiger partial charge on any atom is -0.462 e. The van der Waals surface area contributed by atoms with Crippen LogP contribution < -0.4 is 15.1 Å². The number of aromatic nitrogens is 2. The fourth-order valence-electron chi connectivity index (χ4n) is 5.50. The molecule has 0 aliphatic carbocycles. The number of piperidine rings is 1. The zero-order valence-corrected chi connectivity index (χ0v) is 24.0. The van der Waals surface area contributed by atoms with Crippen LogP contribution in [0.4, 0.5) is 28.9 Å². The lowest BCUT2D eigenvalue weighted by atomic mass is 9.99. The molecule has 3 aromatic rings. The summed E-state index contributed by atoms with van der Waals surface area (Å²) in [6.07, 6.45) is -2.86. The molecule has 0 saturated carbocycles. The van der Waals surface area contributed by atoms with Gasteiger partial charge in [0, 0.05) is 55.5 Å². The minimum atomic E-state index is -4.80. The van der Waals surface area contributed by atoms with Crippen LogP contribution >= 0.6 is 24.0 Å². The number of halogens is 6. The Hall–Kier alpha value is -3.02. The first-order chi connectivity index (χ1) is 19.2. The van der Waals surface area contributed by atoms with Crippen molar-refractivity contribution in [2.24, 2.45) is 0 Å². The van der Waals surface area contributed by atoms with Crippen LogP contribution in [0, 0.1) is 5.82 Å². The van der Waals surface area contributed by atoms with Crippen LogP contribution in [0.15, 0.2) is 42.6 Å². The smallest absolute Gasteiger partial charge is 0.433 e. The van der Waals surface area contributed by atoms with Crippen molar-refractivity contribution in [3.05, 3.63) is 64.7 Å². The van der Waals surface area contributed by atoms with Crippen molar-refractivity contribution in [3.8, 4) is 11.1 Å². The van der Waals surface area contributed by atoms with Gasteiger partial charge in [-0.15, -0.1) is 12.4 Å². The molecule has 1 unspecified atom stereocenters. The Kier molecular flexibility index (Phi) is 9.71. The highest BCUT2D eigenvalue weighted by Gasteiger charge is 2.42. The van der Waals surface area contributed by atoms with E-state index in [1.165, 1.54) is 13.0 Å². The number of alkyl halides is 3. The summed E-state index contributed by atoms with van der Waals surface area (Å²) in [6.45, 7) is 5.24. The number of rotatable bonds is 6. The summed E-state index contributed by atoms with van der Waals surface area (Å²) in [5, 5.41) is 7.70. The van der Waals surface area contributed by atoms with Gasteiger partial charge in [0.2, 0.25) is 0 Å². The highest BCUT2D eigenvalue weighted by Crippen LogP contribution is 2.40. The van der Waals surface area contributed by atoms with Gasteiger partial charge >= 0.3 is 12.1 Å². The Morgan fingerprint density at radius 3 is 2.54 bits per heavy atom. The average Bonchev–Trinajstić information content (AvgIpc) is 3.40. The zero-order chi connectivity index (χ0) is 28.4. The molecule has 2 aromatic carbocycles. The van der Waals surface area contributed by atoms with E-state index >= 15 is 4.39 Å². The van der Waals surface area contributed by atoms with Gasteiger partial charge in [0.1, 0.15) is 11.4 Å². The van der Waals surface area contributed by atoms with E-state index in [1.54, 1.807) is 24.3 Å². The molecule has 2 saturated heterocycles. The van der Waals surface area contributed by atoms with Gasteiger partial charge in [-0.2, -0.15) is 18.3 Å². The molecular weight excluding hydrogens is 585 g/mol. The summed E-state index contributed by atoms with van der Waals surface area (Å²) in [5.74, 6) is -1.40. The molecule has 13 heteroatoms. The Bertz CT molecular complexity index is 1380. The number of hydrogen-bond donors (Lipinski definition) is 1. The summed E-state index contributed by atoms with van der Waals surface area (Å²) >= 11 is 6.36. The molecule has 2 fully saturated rings. The molecule has 1 aromatic heterocycles. The van der Waals surface area contributed by atoms with Crippen LogP contribution in [0.5, 0.6) is 0 Å². The second-order valence-electron chi connectivity index (χ2n) is 9.88. The van der Waals surface area contributed by atoms with Gasteiger partial charge in [0.25, 0.3) is 0 Å². The van der Waals surface area contributed by atoms with Gasteiger partial charge in [-0.1, -0.05) is 23.7 Å². The lowest BCUT2D eigenvalue weighted by Gasteiger charge is -2.36. The maximum absolute atomic E-state index is 15.3. The maximum atomic E-state index is 15.3. The molecule has 3 heterocycles. The topological polar surface area (TPSA) is 62.6 Å². The van der Waals surface area contributed by atoms with Crippen molar-refractivity contribution in [3.63, 3.8) is 0 Å². The first kappa shape index (κ1) is 30.9. The molecule has 41 heavy (non-hydrogen) atoms. The van der Waals surface area contributed by atoms with Crippen LogP contribution in [0.1, 0.15) is 41.9 Å². The monoisotopic (exact) mass is 615 g/mol. The van der Waals surface area contributed by atoms with E-state index in [1.807, 2.05) is 15.9 Å². The molecule has 1 atom stereocenters. The molecule has 5 rings (SSSR count). The normalized spacial score (nSPS) is 17.8. The van der Waals surface area contributed by atoms with E-state index in [0.29, 0.717) is 54.4 Å². The van der Waals surface area contributed by atoms with Gasteiger partial charge in [-0.25, -0.2) is 9.18 Å². The van der Waals surface area contributed by atoms with Gasteiger partial charge < -0.3 is 19.9 Å². The average molecular weight is 616 g/mol. The molecule has 1 N–H and O–H groups in total. The van der Waals surface area contributed by atoms with Crippen LogP contribution in [-0.4, -0.2) is 61.6 Å². The van der Waals surface area contributed by atoms with Crippen LogP contribution in [0.3, 0.4) is 0 Å². The number of ether oxygens (including phenoxy) is 1. The van der Waals surface area contributed by atoms with E-state index in [0.717, 1.165) is 29.5 Å². The zero-order valence-electron chi connectivity index (χ0n) is 22.4. The number of carbonyl (C=O) groups excluding carboxylic acids is 1. The lowest BCUT2D eigenvalue weighted by molar-refractivity contribution is -0.145. The van der Waals surface area contributed by atoms with Crippen molar-refractivity contribution in [2.75, 3.05) is 55.7 Å². The Labute approximate surface area is 246 Å². The van der Waals surface area contributed by atoms with Gasteiger partial charge in [0.05, 0.1) is 24.5 Å². The third-order valence-corrected chi connectivity index (χ3v) is 7.55. The fraction of sp³-hybridized carbons (Fsp3) is 0.429. The number of piperazine rings is 1. The van der Waals surface area contributed by atoms with Crippen LogP contribution in [-0.2, 0) is 10.9 Å². The maximum Gasteiger partial charge on any atom is 0.433 e. The van der Waals surface area contributed by atoms with E-state index in [-0.39, 0.29) is 31.4 Å². The Morgan fingerprint density at radius 1 is 1.10 bits per heavy atom. The number of carbonyl (C=O) groups is 1. The van der Waals surface area contributed by atoms with Crippen molar-refractivity contribution in [1.82, 2.24) is 15.1 Å². The summed E-state index contributed by atoms with van der Waals surface area (Å²) < 4.78 is 63.4. The SMILES string of the molecule is CCOC(=O)c1cnn(C2CCCN(c3cc(Cl)ccc3-c3ccc(N4CCNCC4)c(F)c3)C2)c1C(F)(F)F.Cl. The predicted molar refractivity (Wildman–Crippen MR) is 153 cm³/mol. The van der Waals surface area contributed by atoms with Crippen molar-refractivity contribution in [1.29, 1.82) is 0 Å². The summed E-state index contributed by atoms with van der Waals surface area (Å²) in [6, 6.07) is 9.72. The molecule has 2 aliphatic rings. The Balaban J connectivity index is 0.00000387. The first-order valence-electron chi connectivity index (χ1n) is 13.3. The van der Waals surface area contributed by atoms with Gasteiger partial charge in [-0.3, -0.25) is 4.68 Å². The molecule has 0 spiro atoms. The van der Waals surface area contributed by atoms with Gasteiger partial charge in [-0.05, 0) is 49.6 Å². The molecule has 0 amide bonds. The highest BCUT2D eigenvalue weighted by molar-refractivity contribution is 6.31. The van der Waals surface area contributed by atoms with Gasteiger partial charge in [0.15, 0.2) is 5.69 Å². The fourth-order valence-corrected chi connectivity index (χ4v) is 5.67. The molecular formula is C28H31Cl2F4N5O2. The first-order valence-corrected chi connectivity index (χ1v) is 13.7. The molecule has 0 radical (unpaired) electrons. The van der Waals surface area contributed by atoms with Crippen molar-refractivity contribution < 1.29 is 27.1 Å². The quantitative estimate of drug-likeness (QED) is 0.263. The van der Waals surface area contributed by atoms with E-state index in [2.05, 4.69) is 10.4 Å². The third-order valence-electron chi connectivity index (χ3n) is 7.32. The van der Waals surface area contributed by atoms with E-state index < -0.39 is 29.4 Å². The number of benzene rings is 2. The predicted octanol–water partition coefficient (Wildman–Crippen LogP) is 6.21. The van der Waals surface area contributed by atoms with Crippen LogP contribution in [0.2, 0.25) is 5.02 Å². The number of nitrogens with one attached hydrogen (secondary N) is 1. The third kappa shape index (κ3) is 6.57. The molecule has 0 bridgehead atoms. The lowest BCUT2D eigenvalue weighted by Crippen LogP contribution is -2.43. The van der Waals surface area contributed by atoms with Crippen molar-refractivity contribution in [2.45, 2.75) is 32.0 Å². The number of nitrogens with zero attached hydrogens (tertiary/aromatic N) is 4. The van der Waals surface area contributed by atoms with Crippen LogP contribution in [0.25, 0.3) is 11.1 Å². The molecule has 2 aliphatic heterocycles. The second-order valence-corrected chi connectivity index (χ2v) is 10.3. The largest absolute Gasteiger partial charge is 0.462 e. The number of esters is 1. The standard InChI is InChI=1S/C28H30ClF4N5O2.ClH/c1-2-40-27(39)22-16-35-38(26(22)28(31,32)33)20-4-3-11-37(17-20)25-15-19(29)6-7-21(25)18-5-8-24(23(30)14-18)36-12-9-34-10-13-36;/h5-8,14-16,20,34H,2-4,9-13,17H2,1H3;1H. The second kappa shape index (κ2) is 12.9. The number of anilines is 2. The summed E-state index contributed by atoms with van der Waals surface area (Å²) in [7, 11) is 0. The molecule has 222 valence electrons. The van der Waals surface area contributed by atoms with Crippen molar-refractivity contribution >= 4 is 41.4 Å². The van der Waals surface area contributed by atoms with E-state index in [9.17, 15) is 18.0 Å². The number of hydrogen-bond acceptors (Lipinski definition) is 6. The molecule has 7 nitrogen and oxygen atoms in total. The Morgan fingerprint density at radius 2 is 1.85 bits per heavy atom. The minimum absolute atomic E-state index is 0.